The third kappa shape index (κ3) is 2.53. The van der Waals surface area contributed by atoms with E-state index in [0.717, 1.165) is 11.1 Å². The first-order valence-corrected chi connectivity index (χ1v) is 5.73. The molecule has 0 spiro atoms. The predicted molar refractivity (Wildman–Crippen MR) is 63.9 cm³/mol. The van der Waals surface area contributed by atoms with E-state index in [2.05, 4.69) is 0 Å². The second-order valence-corrected chi connectivity index (χ2v) is 4.45. The van der Waals surface area contributed by atoms with Gasteiger partial charge in [-0.05, 0) is 18.9 Å². The highest BCUT2D eigenvalue weighted by molar-refractivity contribution is 6.00. The number of nitrogens with zero attached hydrogens (tertiary/aromatic N) is 1. The molecule has 1 saturated heterocycles. The minimum absolute atomic E-state index is 0.127. The van der Waals surface area contributed by atoms with Crippen LogP contribution >= 0.6 is 0 Å². The molecule has 1 aliphatic heterocycles. The third-order valence-electron chi connectivity index (χ3n) is 2.98. The van der Waals surface area contributed by atoms with Crippen molar-refractivity contribution in [3.8, 4) is 0 Å². The maximum Gasteiger partial charge on any atom is 0.246 e. The highest BCUT2D eigenvalue weighted by Crippen LogP contribution is 2.15. The van der Waals surface area contributed by atoms with Crippen LogP contribution in [0.3, 0.4) is 0 Å². The molecule has 1 aromatic carbocycles. The van der Waals surface area contributed by atoms with Crippen molar-refractivity contribution < 1.29 is 9.59 Å². The zero-order chi connectivity index (χ0) is 12.4. The number of carbonyl (C=O) groups excluding carboxylic acids is 2. The molecule has 1 unspecified atom stereocenters. The zero-order valence-corrected chi connectivity index (χ0v) is 9.85. The Morgan fingerprint density at radius 2 is 2.18 bits per heavy atom. The van der Waals surface area contributed by atoms with Gasteiger partial charge in [0, 0.05) is 6.42 Å². The van der Waals surface area contributed by atoms with Crippen molar-refractivity contribution in [2.45, 2.75) is 32.4 Å². The molecule has 0 aromatic heterocycles. The van der Waals surface area contributed by atoms with E-state index < -0.39 is 6.04 Å². The van der Waals surface area contributed by atoms with Crippen molar-refractivity contribution in [2.75, 3.05) is 0 Å². The Morgan fingerprint density at radius 1 is 1.41 bits per heavy atom. The van der Waals surface area contributed by atoms with Crippen LogP contribution in [0.15, 0.2) is 24.3 Å². The van der Waals surface area contributed by atoms with E-state index in [4.69, 9.17) is 5.73 Å². The Kier molecular flexibility index (Phi) is 3.24. The van der Waals surface area contributed by atoms with Gasteiger partial charge in [0.15, 0.2) is 0 Å². The van der Waals surface area contributed by atoms with E-state index in [-0.39, 0.29) is 11.8 Å². The number of benzene rings is 1. The van der Waals surface area contributed by atoms with Gasteiger partial charge in [0.05, 0.1) is 12.6 Å². The Labute approximate surface area is 100 Å². The van der Waals surface area contributed by atoms with Crippen LogP contribution in [0.1, 0.15) is 24.0 Å². The molecule has 1 fully saturated rings. The molecule has 1 atom stereocenters. The molecule has 0 radical (unpaired) electrons. The summed E-state index contributed by atoms with van der Waals surface area (Å²) in [6.07, 6.45) is 0.820. The molecule has 2 rings (SSSR count). The normalized spacial score (nSPS) is 20.8. The van der Waals surface area contributed by atoms with E-state index in [0.29, 0.717) is 19.4 Å². The quantitative estimate of drug-likeness (QED) is 0.773. The van der Waals surface area contributed by atoms with Crippen molar-refractivity contribution >= 4 is 11.8 Å². The summed E-state index contributed by atoms with van der Waals surface area (Å²) < 4.78 is 0. The van der Waals surface area contributed by atoms with Crippen LogP contribution in [0, 0.1) is 6.92 Å². The number of aryl methyl sites for hydroxylation is 1. The molecule has 4 heteroatoms. The van der Waals surface area contributed by atoms with Crippen LogP contribution in [-0.4, -0.2) is 22.8 Å². The Morgan fingerprint density at radius 3 is 2.88 bits per heavy atom. The van der Waals surface area contributed by atoms with Crippen LogP contribution in [0.4, 0.5) is 0 Å². The summed E-state index contributed by atoms with van der Waals surface area (Å²) in [7, 11) is 0. The SMILES string of the molecule is Cc1cccc(CN2C(=O)CCC(N)C2=O)c1. The highest BCUT2D eigenvalue weighted by atomic mass is 16.2. The molecule has 1 heterocycles. The molecular formula is C13H16N2O2. The van der Waals surface area contributed by atoms with E-state index in [1.165, 1.54) is 4.90 Å². The molecule has 2 N–H and O–H groups in total. The lowest BCUT2D eigenvalue weighted by atomic mass is 10.0. The van der Waals surface area contributed by atoms with E-state index in [1.807, 2.05) is 31.2 Å². The maximum absolute atomic E-state index is 11.8. The fourth-order valence-electron chi connectivity index (χ4n) is 2.02. The molecule has 0 aliphatic carbocycles. The number of hydrogen-bond acceptors (Lipinski definition) is 3. The number of piperidine rings is 1. The van der Waals surface area contributed by atoms with Gasteiger partial charge < -0.3 is 5.73 Å². The number of imide groups is 1. The summed E-state index contributed by atoms with van der Waals surface area (Å²) >= 11 is 0. The van der Waals surface area contributed by atoms with Crippen molar-refractivity contribution in [3.05, 3.63) is 35.4 Å². The molecular weight excluding hydrogens is 216 g/mol. The monoisotopic (exact) mass is 232 g/mol. The van der Waals surface area contributed by atoms with E-state index in [1.54, 1.807) is 0 Å². The van der Waals surface area contributed by atoms with E-state index in [9.17, 15) is 9.59 Å². The molecule has 1 aliphatic rings. The number of amides is 2. The Bertz CT molecular complexity index is 456. The summed E-state index contributed by atoms with van der Waals surface area (Å²) in [5.74, 6) is -0.388. The minimum atomic E-state index is -0.530. The number of rotatable bonds is 2. The second-order valence-electron chi connectivity index (χ2n) is 4.45. The summed E-state index contributed by atoms with van der Waals surface area (Å²) in [5.41, 5.74) is 7.74. The van der Waals surface area contributed by atoms with Gasteiger partial charge in [0.25, 0.3) is 0 Å². The number of carbonyl (C=O) groups is 2. The minimum Gasteiger partial charge on any atom is -0.320 e. The lowest BCUT2D eigenvalue weighted by Gasteiger charge is -2.28. The van der Waals surface area contributed by atoms with Crippen LogP contribution in [0.25, 0.3) is 0 Å². The standard InChI is InChI=1S/C13H16N2O2/c1-9-3-2-4-10(7-9)8-15-12(16)6-5-11(14)13(15)17/h2-4,7,11H,5-6,8,14H2,1H3. The van der Waals surface area contributed by atoms with Gasteiger partial charge in [-0.25, -0.2) is 0 Å². The van der Waals surface area contributed by atoms with Crippen LogP contribution in [0.5, 0.6) is 0 Å². The number of nitrogens with two attached hydrogens (primary N) is 1. The average Bonchev–Trinajstić information content (AvgIpc) is 2.30. The van der Waals surface area contributed by atoms with Crippen molar-refractivity contribution in [2.24, 2.45) is 5.73 Å². The van der Waals surface area contributed by atoms with Gasteiger partial charge >= 0.3 is 0 Å². The van der Waals surface area contributed by atoms with Crippen LogP contribution in [-0.2, 0) is 16.1 Å². The van der Waals surface area contributed by atoms with Gasteiger partial charge in [-0.15, -0.1) is 0 Å². The first kappa shape index (κ1) is 11.8. The molecule has 0 saturated carbocycles. The predicted octanol–water partition coefficient (Wildman–Crippen LogP) is 0.971. The topological polar surface area (TPSA) is 63.4 Å². The molecule has 2 amide bonds. The molecule has 17 heavy (non-hydrogen) atoms. The molecule has 90 valence electrons. The zero-order valence-electron chi connectivity index (χ0n) is 9.85. The molecule has 4 nitrogen and oxygen atoms in total. The van der Waals surface area contributed by atoms with Crippen molar-refractivity contribution in [1.82, 2.24) is 4.90 Å². The second kappa shape index (κ2) is 4.67. The summed E-state index contributed by atoms with van der Waals surface area (Å²) in [4.78, 5) is 24.8. The lowest BCUT2D eigenvalue weighted by Crippen LogP contribution is -2.50. The number of hydrogen-bond donors (Lipinski definition) is 1. The van der Waals surface area contributed by atoms with Gasteiger partial charge in [0.2, 0.25) is 11.8 Å². The van der Waals surface area contributed by atoms with Gasteiger partial charge in [-0.3, -0.25) is 14.5 Å². The summed E-state index contributed by atoms with van der Waals surface area (Å²) in [6.45, 7) is 2.31. The van der Waals surface area contributed by atoms with Crippen LogP contribution < -0.4 is 5.73 Å². The fourth-order valence-corrected chi connectivity index (χ4v) is 2.02. The van der Waals surface area contributed by atoms with Gasteiger partial charge in [0.1, 0.15) is 0 Å². The molecule has 1 aromatic rings. The third-order valence-corrected chi connectivity index (χ3v) is 2.98. The maximum atomic E-state index is 11.8. The van der Waals surface area contributed by atoms with E-state index >= 15 is 0 Å². The van der Waals surface area contributed by atoms with Gasteiger partial charge in [-0.1, -0.05) is 29.8 Å². The van der Waals surface area contributed by atoms with Crippen molar-refractivity contribution in [1.29, 1.82) is 0 Å². The summed E-state index contributed by atoms with van der Waals surface area (Å²) in [5, 5.41) is 0. The lowest BCUT2D eigenvalue weighted by molar-refractivity contribution is -0.149. The van der Waals surface area contributed by atoms with Gasteiger partial charge in [-0.2, -0.15) is 0 Å². The smallest absolute Gasteiger partial charge is 0.246 e. The Balaban J connectivity index is 2.16. The Hall–Kier alpha value is -1.68. The molecule has 0 bridgehead atoms. The largest absolute Gasteiger partial charge is 0.320 e. The van der Waals surface area contributed by atoms with Crippen LogP contribution in [0.2, 0.25) is 0 Å². The highest BCUT2D eigenvalue weighted by Gasteiger charge is 2.31. The van der Waals surface area contributed by atoms with Crippen molar-refractivity contribution in [3.63, 3.8) is 0 Å². The fraction of sp³-hybridized carbons (Fsp3) is 0.385. The average molecular weight is 232 g/mol. The number of likely N-dealkylation sites (tertiary alicyclic amines) is 1. The first-order valence-electron chi connectivity index (χ1n) is 5.73. The summed E-state index contributed by atoms with van der Waals surface area (Å²) in [6, 6.07) is 7.25. The first-order chi connectivity index (χ1) is 8.08.